The first kappa shape index (κ1) is 11.0. The molecule has 0 fully saturated rings. The second-order valence-corrected chi connectivity index (χ2v) is 5.14. The molecule has 3 rings (SSSR count). The second-order valence-electron chi connectivity index (χ2n) is 4.39. The number of nitrogens with one attached hydrogen (secondary N) is 1. The van der Waals surface area contributed by atoms with Gasteiger partial charge in [-0.25, -0.2) is 4.68 Å². The minimum Gasteiger partial charge on any atom is -0.312 e. The van der Waals surface area contributed by atoms with Gasteiger partial charge in [0.25, 0.3) is 0 Å². The van der Waals surface area contributed by atoms with Crippen molar-refractivity contribution in [2.24, 2.45) is 0 Å². The zero-order chi connectivity index (χ0) is 11.8. The SMILES string of the molecule is Cc1cccc(-n2nc(Br)c3c2CCNC3)c1. The minimum absolute atomic E-state index is 0.904. The molecule has 2 aromatic rings. The van der Waals surface area contributed by atoms with E-state index in [1.54, 1.807) is 0 Å². The summed E-state index contributed by atoms with van der Waals surface area (Å²) >= 11 is 3.55. The van der Waals surface area contributed by atoms with Crippen LogP contribution in [0.4, 0.5) is 0 Å². The average molecular weight is 292 g/mol. The van der Waals surface area contributed by atoms with E-state index >= 15 is 0 Å². The quantitative estimate of drug-likeness (QED) is 0.875. The van der Waals surface area contributed by atoms with Crippen LogP contribution in [0.25, 0.3) is 5.69 Å². The molecule has 0 saturated carbocycles. The number of rotatable bonds is 1. The smallest absolute Gasteiger partial charge is 0.133 e. The zero-order valence-corrected chi connectivity index (χ0v) is 11.3. The van der Waals surface area contributed by atoms with Gasteiger partial charge in [-0.15, -0.1) is 0 Å². The third-order valence-corrected chi connectivity index (χ3v) is 3.76. The Balaban J connectivity index is 2.15. The fourth-order valence-corrected chi connectivity index (χ4v) is 2.81. The first-order valence-electron chi connectivity index (χ1n) is 5.80. The van der Waals surface area contributed by atoms with Crippen LogP contribution < -0.4 is 5.32 Å². The van der Waals surface area contributed by atoms with Crippen LogP contribution in [-0.2, 0) is 13.0 Å². The summed E-state index contributed by atoms with van der Waals surface area (Å²) in [6, 6.07) is 8.46. The fourth-order valence-electron chi connectivity index (χ4n) is 2.28. The van der Waals surface area contributed by atoms with E-state index in [2.05, 4.69) is 62.2 Å². The fraction of sp³-hybridized carbons (Fsp3) is 0.308. The molecule has 3 nitrogen and oxygen atoms in total. The van der Waals surface area contributed by atoms with Crippen molar-refractivity contribution >= 4 is 15.9 Å². The predicted octanol–water partition coefficient (Wildman–Crippen LogP) is 2.59. The van der Waals surface area contributed by atoms with Gasteiger partial charge in [0.1, 0.15) is 4.60 Å². The summed E-state index contributed by atoms with van der Waals surface area (Å²) in [5, 5.41) is 7.97. The van der Waals surface area contributed by atoms with Gasteiger partial charge in [-0.05, 0) is 40.5 Å². The van der Waals surface area contributed by atoms with Crippen LogP contribution in [0.1, 0.15) is 16.8 Å². The van der Waals surface area contributed by atoms with Crippen LogP contribution in [0.3, 0.4) is 0 Å². The second kappa shape index (κ2) is 4.27. The van der Waals surface area contributed by atoms with Crippen molar-refractivity contribution in [2.75, 3.05) is 6.54 Å². The Morgan fingerprint density at radius 1 is 1.41 bits per heavy atom. The highest BCUT2D eigenvalue weighted by Gasteiger charge is 2.19. The highest BCUT2D eigenvalue weighted by molar-refractivity contribution is 9.10. The number of benzene rings is 1. The summed E-state index contributed by atoms with van der Waals surface area (Å²) in [4.78, 5) is 0. The molecule has 0 amide bonds. The molecular formula is C13H14BrN3. The van der Waals surface area contributed by atoms with Crippen LogP contribution >= 0.6 is 15.9 Å². The van der Waals surface area contributed by atoms with Crippen molar-refractivity contribution < 1.29 is 0 Å². The number of hydrogen-bond donors (Lipinski definition) is 1. The predicted molar refractivity (Wildman–Crippen MR) is 71.4 cm³/mol. The molecule has 17 heavy (non-hydrogen) atoms. The first-order valence-corrected chi connectivity index (χ1v) is 6.59. The monoisotopic (exact) mass is 291 g/mol. The molecule has 0 radical (unpaired) electrons. The third-order valence-electron chi connectivity index (χ3n) is 3.13. The summed E-state index contributed by atoms with van der Waals surface area (Å²) in [6.07, 6.45) is 1.03. The lowest BCUT2D eigenvalue weighted by Gasteiger charge is -2.15. The summed E-state index contributed by atoms with van der Waals surface area (Å²) < 4.78 is 3.02. The maximum absolute atomic E-state index is 4.60. The Kier molecular flexibility index (Phi) is 2.76. The average Bonchev–Trinajstić information content (AvgIpc) is 2.68. The maximum atomic E-state index is 4.60. The summed E-state index contributed by atoms with van der Waals surface area (Å²) in [5.74, 6) is 0. The highest BCUT2D eigenvalue weighted by atomic mass is 79.9. The van der Waals surface area contributed by atoms with E-state index in [0.29, 0.717) is 0 Å². The number of halogens is 1. The maximum Gasteiger partial charge on any atom is 0.133 e. The number of aromatic nitrogens is 2. The molecule has 1 aliphatic heterocycles. The molecule has 4 heteroatoms. The molecule has 0 saturated heterocycles. The molecule has 0 aliphatic carbocycles. The summed E-state index contributed by atoms with van der Waals surface area (Å²) in [5.41, 5.74) is 5.02. The Hall–Kier alpha value is -1.13. The van der Waals surface area contributed by atoms with Crippen molar-refractivity contribution in [1.82, 2.24) is 15.1 Å². The Morgan fingerprint density at radius 2 is 2.29 bits per heavy atom. The molecule has 0 unspecified atom stereocenters. The molecule has 0 spiro atoms. The van der Waals surface area contributed by atoms with E-state index in [9.17, 15) is 0 Å². The van der Waals surface area contributed by atoms with E-state index in [1.165, 1.54) is 16.8 Å². The van der Waals surface area contributed by atoms with Crippen LogP contribution in [0.5, 0.6) is 0 Å². The Morgan fingerprint density at radius 3 is 3.12 bits per heavy atom. The molecule has 88 valence electrons. The van der Waals surface area contributed by atoms with Crippen molar-refractivity contribution in [3.05, 3.63) is 45.7 Å². The molecule has 1 aromatic heterocycles. The van der Waals surface area contributed by atoms with E-state index in [4.69, 9.17) is 0 Å². The van der Waals surface area contributed by atoms with Gasteiger partial charge < -0.3 is 5.32 Å². The van der Waals surface area contributed by atoms with Gasteiger partial charge in [0, 0.05) is 25.1 Å². The zero-order valence-electron chi connectivity index (χ0n) is 9.70. The minimum atomic E-state index is 0.904. The highest BCUT2D eigenvalue weighted by Crippen LogP contribution is 2.25. The lowest BCUT2D eigenvalue weighted by molar-refractivity contribution is 0.622. The largest absolute Gasteiger partial charge is 0.312 e. The number of hydrogen-bond acceptors (Lipinski definition) is 2. The third kappa shape index (κ3) is 1.91. The van der Waals surface area contributed by atoms with Crippen molar-refractivity contribution in [3.8, 4) is 5.69 Å². The molecule has 1 aliphatic rings. The van der Waals surface area contributed by atoms with E-state index in [1.807, 2.05) is 0 Å². The van der Waals surface area contributed by atoms with E-state index in [0.717, 1.165) is 29.8 Å². The number of fused-ring (bicyclic) bond motifs is 1. The van der Waals surface area contributed by atoms with Gasteiger partial charge in [0.05, 0.1) is 11.4 Å². The molecule has 1 aromatic carbocycles. The van der Waals surface area contributed by atoms with Crippen LogP contribution in [0, 0.1) is 6.92 Å². The van der Waals surface area contributed by atoms with Gasteiger partial charge in [0.15, 0.2) is 0 Å². The molecule has 2 heterocycles. The summed E-state index contributed by atoms with van der Waals surface area (Å²) in [6.45, 7) is 4.04. The Bertz CT molecular complexity index is 560. The first-order chi connectivity index (χ1) is 8.25. The standard InChI is InChI=1S/C13H14BrN3/c1-9-3-2-4-10(7-9)17-12-5-6-15-8-11(12)13(14)16-17/h2-4,7,15H,5-6,8H2,1H3. The molecule has 1 N–H and O–H groups in total. The van der Waals surface area contributed by atoms with E-state index in [-0.39, 0.29) is 0 Å². The van der Waals surface area contributed by atoms with Gasteiger partial charge >= 0.3 is 0 Å². The van der Waals surface area contributed by atoms with Gasteiger partial charge in [-0.2, -0.15) is 5.10 Å². The van der Waals surface area contributed by atoms with Gasteiger partial charge in [0.2, 0.25) is 0 Å². The topological polar surface area (TPSA) is 29.9 Å². The van der Waals surface area contributed by atoms with Crippen LogP contribution in [0.15, 0.2) is 28.9 Å². The lowest BCUT2D eigenvalue weighted by Crippen LogP contribution is -2.24. The normalized spacial score (nSPS) is 14.7. The van der Waals surface area contributed by atoms with Crippen molar-refractivity contribution in [2.45, 2.75) is 19.9 Å². The van der Waals surface area contributed by atoms with Crippen LogP contribution in [-0.4, -0.2) is 16.3 Å². The van der Waals surface area contributed by atoms with Crippen molar-refractivity contribution in [3.63, 3.8) is 0 Å². The van der Waals surface area contributed by atoms with Gasteiger partial charge in [-0.3, -0.25) is 0 Å². The Labute approximate surface area is 109 Å². The van der Waals surface area contributed by atoms with E-state index < -0.39 is 0 Å². The van der Waals surface area contributed by atoms with Crippen molar-refractivity contribution in [1.29, 1.82) is 0 Å². The summed E-state index contributed by atoms with van der Waals surface area (Å²) in [7, 11) is 0. The number of aryl methyl sites for hydroxylation is 1. The van der Waals surface area contributed by atoms with Crippen LogP contribution in [0.2, 0.25) is 0 Å². The molecular weight excluding hydrogens is 278 g/mol. The molecule has 0 atom stereocenters. The molecule has 0 bridgehead atoms. The van der Waals surface area contributed by atoms with Gasteiger partial charge in [-0.1, -0.05) is 12.1 Å². The number of nitrogens with zero attached hydrogens (tertiary/aromatic N) is 2. The lowest BCUT2D eigenvalue weighted by atomic mass is 10.1.